The molecule has 0 atom stereocenters. The first-order chi connectivity index (χ1) is 6.69. The molecule has 4 heteroatoms. The molecular weight excluding hydrogens is 182 g/mol. The molecule has 76 valence electrons. The molecule has 0 heterocycles. The zero-order chi connectivity index (χ0) is 10.6. The summed E-state index contributed by atoms with van der Waals surface area (Å²) in [5.41, 5.74) is 6.52. The molecule has 1 aromatic carbocycles. The van der Waals surface area contributed by atoms with Crippen LogP contribution in [0.1, 0.15) is 17.3 Å². The van der Waals surface area contributed by atoms with Crippen molar-refractivity contribution < 1.29 is 14.3 Å². The fraction of sp³-hybridized carbons (Fsp3) is 0.300. The van der Waals surface area contributed by atoms with E-state index in [1.54, 1.807) is 18.2 Å². The summed E-state index contributed by atoms with van der Waals surface area (Å²) in [5, 5.41) is 0. The molecule has 0 aliphatic heterocycles. The summed E-state index contributed by atoms with van der Waals surface area (Å²) in [7, 11) is 1.33. The van der Waals surface area contributed by atoms with E-state index in [2.05, 4.69) is 4.74 Å². The largest absolute Gasteiger partial charge is 0.493 e. The summed E-state index contributed by atoms with van der Waals surface area (Å²) in [4.78, 5) is 11.3. The predicted octanol–water partition coefficient (Wildman–Crippen LogP) is 1.45. The maximum absolute atomic E-state index is 11.3. The molecule has 2 N–H and O–H groups in total. The highest BCUT2D eigenvalue weighted by Gasteiger charge is 2.12. The lowest BCUT2D eigenvalue weighted by Gasteiger charge is -2.08. The van der Waals surface area contributed by atoms with Crippen molar-refractivity contribution in [2.24, 2.45) is 0 Å². The van der Waals surface area contributed by atoms with E-state index in [9.17, 15) is 4.79 Å². The average molecular weight is 195 g/mol. The Labute approximate surface area is 82.6 Å². The van der Waals surface area contributed by atoms with Crippen LogP contribution < -0.4 is 10.5 Å². The van der Waals surface area contributed by atoms with Crippen molar-refractivity contribution in [1.29, 1.82) is 0 Å². The van der Waals surface area contributed by atoms with Crippen LogP contribution in [-0.2, 0) is 4.74 Å². The molecule has 0 aromatic heterocycles. The van der Waals surface area contributed by atoms with E-state index in [1.807, 2.05) is 6.92 Å². The minimum Gasteiger partial charge on any atom is -0.493 e. The Morgan fingerprint density at radius 1 is 1.50 bits per heavy atom. The quantitative estimate of drug-likeness (QED) is 0.585. The van der Waals surface area contributed by atoms with Gasteiger partial charge in [-0.15, -0.1) is 0 Å². The molecule has 0 fully saturated rings. The van der Waals surface area contributed by atoms with Crippen LogP contribution in [0.25, 0.3) is 0 Å². The molecule has 0 amide bonds. The maximum atomic E-state index is 11.3. The highest BCUT2D eigenvalue weighted by atomic mass is 16.5. The van der Waals surface area contributed by atoms with Crippen molar-refractivity contribution in [3.05, 3.63) is 23.8 Å². The molecule has 0 unspecified atom stereocenters. The molecule has 1 rings (SSSR count). The van der Waals surface area contributed by atoms with Crippen LogP contribution in [0.5, 0.6) is 5.75 Å². The number of methoxy groups -OCH3 is 1. The van der Waals surface area contributed by atoms with Gasteiger partial charge in [-0.25, -0.2) is 4.79 Å². The molecule has 14 heavy (non-hydrogen) atoms. The van der Waals surface area contributed by atoms with Crippen LogP contribution in [0.4, 0.5) is 5.69 Å². The minimum absolute atomic E-state index is 0.392. The maximum Gasteiger partial charge on any atom is 0.341 e. The van der Waals surface area contributed by atoms with Gasteiger partial charge in [0.25, 0.3) is 0 Å². The Hall–Kier alpha value is -1.71. The molecule has 1 aromatic rings. The van der Waals surface area contributed by atoms with Crippen LogP contribution >= 0.6 is 0 Å². The van der Waals surface area contributed by atoms with Crippen molar-refractivity contribution in [3.8, 4) is 5.75 Å². The van der Waals surface area contributed by atoms with Gasteiger partial charge in [-0.05, 0) is 19.1 Å². The van der Waals surface area contributed by atoms with Crippen LogP contribution in [0.3, 0.4) is 0 Å². The van der Waals surface area contributed by atoms with E-state index in [0.717, 1.165) is 0 Å². The SMILES string of the molecule is CCOc1cc(N)ccc1C(=O)OC. The fourth-order valence-electron chi connectivity index (χ4n) is 1.09. The molecule has 0 aliphatic carbocycles. The smallest absolute Gasteiger partial charge is 0.341 e. The highest BCUT2D eigenvalue weighted by molar-refractivity contribution is 5.93. The van der Waals surface area contributed by atoms with Gasteiger partial charge in [-0.3, -0.25) is 0 Å². The number of anilines is 1. The first-order valence-electron chi connectivity index (χ1n) is 4.29. The highest BCUT2D eigenvalue weighted by Crippen LogP contribution is 2.22. The molecular formula is C10H13NO3. The molecule has 0 saturated heterocycles. The number of hydrogen-bond acceptors (Lipinski definition) is 4. The normalized spacial score (nSPS) is 9.57. The lowest BCUT2D eigenvalue weighted by atomic mass is 10.2. The van der Waals surface area contributed by atoms with Gasteiger partial charge in [0.2, 0.25) is 0 Å². The third-order valence-electron chi connectivity index (χ3n) is 1.71. The minimum atomic E-state index is -0.423. The summed E-state index contributed by atoms with van der Waals surface area (Å²) < 4.78 is 9.86. The van der Waals surface area contributed by atoms with E-state index in [0.29, 0.717) is 23.6 Å². The number of nitrogens with two attached hydrogens (primary N) is 1. The van der Waals surface area contributed by atoms with Crippen molar-refractivity contribution in [2.45, 2.75) is 6.92 Å². The number of carbonyl (C=O) groups excluding carboxylic acids is 1. The van der Waals surface area contributed by atoms with E-state index in [-0.39, 0.29) is 0 Å². The lowest BCUT2D eigenvalue weighted by molar-refractivity contribution is 0.0596. The number of ether oxygens (including phenoxy) is 2. The molecule has 0 saturated carbocycles. The third kappa shape index (κ3) is 2.16. The van der Waals surface area contributed by atoms with Crippen molar-refractivity contribution in [3.63, 3.8) is 0 Å². The summed E-state index contributed by atoms with van der Waals surface area (Å²) in [6, 6.07) is 4.83. The van der Waals surface area contributed by atoms with E-state index < -0.39 is 5.97 Å². The Morgan fingerprint density at radius 3 is 2.79 bits per heavy atom. The van der Waals surface area contributed by atoms with Crippen LogP contribution in [0, 0.1) is 0 Å². The second-order valence-electron chi connectivity index (χ2n) is 2.68. The Bertz CT molecular complexity index is 336. The van der Waals surface area contributed by atoms with E-state index in [4.69, 9.17) is 10.5 Å². The molecule has 0 bridgehead atoms. The van der Waals surface area contributed by atoms with Crippen molar-refractivity contribution in [1.82, 2.24) is 0 Å². The van der Waals surface area contributed by atoms with Crippen molar-refractivity contribution >= 4 is 11.7 Å². The van der Waals surface area contributed by atoms with Crippen LogP contribution in [-0.4, -0.2) is 19.7 Å². The zero-order valence-electron chi connectivity index (χ0n) is 8.24. The molecule has 0 aliphatic rings. The van der Waals surface area contributed by atoms with Crippen LogP contribution in [0.2, 0.25) is 0 Å². The standard InChI is InChI=1S/C10H13NO3/c1-3-14-9-6-7(11)4-5-8(9)10(12)13-2/h4-6H,3,11H2,1-2H3. The van der Waals surface area contributed by atoms with Gasteiger partial charge in [0, 0.05) is 11.8 Å². The summed E-state index contributed by atoms with van der Waals surface area (Å²) in [6.07, 6.45) is 0. The van der Waals surface area contributed by atoms with E-state index in [1.165, 1.54) is 7.11 Å². The second-order valence-corrected chi connectivity index (χ2v) is 2.68. The number of benzene rings is 1. The number of nitrogen functional groups attached to an aromatic ring is 1. The van der Waals surface area contributed by atoms with Gasteiger partial charge in [0.1, 0.15) is 11.3 Å². The third-order valence-corrected chi connectivity index (χ3v) is 1.71. The molecule has 4 nitrogen and oxygen atoms in total. The average Bonchev–Trinajstić information content (AvgIpc) is 2.17. The van der Waals surface area contributed by atoms with Crippen molar-refractivity contribution in [2.75, 3.05) is 19.5 Å². The van der Waals surface area contributed by atoms with E-state index >= 15 is 0 Å². The fourth-order valence-corrected chi connectivity index (χ4v) is 1.09. The zero-order valence-corrected chi connectivity index (χ0v) is 8.24. The number of carbonyl (C=O) groups is 1. The first-order valence-corrected chi connectivity index (χ1v) is 4.29. The first kappa shape index (κ1) is 10.4. The van der Waals surface area contributed by atoms with Crippen LogP contribution in [0.15, 0.2) is 18.2 Å². The predicted molar refractivity (Wildman–Crippen MR) is 53.4 cm³/mol. The van der Waals surface area contributed by atoms with Gasteiger partial charge in [-0.1, -0.05) is 0 Å². The number of hydrogen-bond donors (Lipinski definition) is 1. The summed E-state index contributed by atoms with van der Waals surface area (Å²) in [5.74, 6) is 0.0350. The second kappa shape index (κ2) is 4.50. The van der Waals surface area contributed by atoms with Gasteiger partial charge in [0.05, 0.1) is 13.7 Å². The number of esters is 1. The molecule has 0 spiro atoms. The van der Waals surface area contributed by atoms with Gasteiger partial charge >= 0.3 is 5.97 Å². The van der Waals surface area contributed by atoms with Gasteiger partial charge in [0.15, 0.2) is 0 Å². The Balaban J connectivity index is 3.07. The Morgan fingerprint density at radius 2 is 2.21 bits per heavy atom. The Kier molecular flexibility index (Phi) is 3.34. The summed E-state index contributed by atoms with van der Waals surface area (Å²) >= 11 is 0. The number of rotatable bonds is 3. The topological polar surface area (TPSA) is 61.5 Å². The van der Waals surface area contributed by atoms with Gasteiger partial charge < -0.3 is 15.2 Å². The summed E-state index contributed by atoms with van der Waals surface area (Å²) in [6.45, 7) is 2.32. The van der Waals surface area contributed by atoms with Gasteiger partial charge in [-0.2, -0.15) is 0 Å². The lowest BCUT2D eigenvalue weighted by Crippen LogP contribution is -2.06. The molecule has 0 radical (unpaired) electrons. The monoisotopic (exact) mass is 195 g/mol.